The average molecular weight is 955 g/mol. The van der Waals surface area contributed by atoms with Crippen LogP contribution in [0.3, 0.4) is 0 Å². The molecule has 12 aromatic carbocycles. The van der Waals surface area contributed by atoms with Crippen molar-refractivity contribution in [2.45, 2.75) is 5.41 Å². The molecule has 0 spiro atoms. The van der Waals surface area contributed by atoms with E-state index in [9.17, 15) is 0 Å². The maximum atomic E-state index is 2.47. The molecule has 1 aliphatic carbocycles. The molecule has 0 saturated heterocycles. The van der Waals surface area contributed by atoms with Crippen LogP contribution in [0.1, 0.15) is 22.3 Å². The predicted octanol–water partition coefficient (Wildman–Crippen LogP) is 19.3. The molecule has 0 bridgehead atoms. The van der Waals surface area contributed by atoms with Gasteiger partial charge in [-0.1, -0.05) is 249 Å². The number of anilines is 3. The van der Waals surface area contributed by atoms with Gasteiger partial charge in [0.05, 0.1) is 22.1 Å². The van der Waals surface area contributed by atoms with Gasteiger partial charge in [-0.25, -0.2) is 0 Å². The molecule has 0 atom stereocenters. The van der Waals surface area contributed by atoms with Gasteiger partial charge >= 0.3 is 0 Å². The van der Waals surface area contributed by atoms with E-state index in [1.807, 2.05) is 0 Å². The molecule has 75 heavy (non-hydrogen) atoms. The number of hydrogen-bond donors (Lipinski definition) is 0. The minimum Gasteiger partial charge on any atom is -0.310 e. The lowest BCUT2D eigenvalue weighted by Gasteiger charge is -2.33. The molecule has 2 nitrogen and oxygen atoms in total. The zero-order chi connectivity index (χ0) is 49.7. The number of benzene rings is 12. The van der Waals surface area contributed by atoms with Crippen molar-refractivity contribution in [2.75, 3.05) is 4.90 Å². The molecule has 0 N–H and O–H groups in total. The van der Waals surface area contributed by atoms with Crippen LogP contribution in [-0.2, 0) is 5.41 Å². The van der Waals surface area contributed by atoms with Gasteiger partial charge in [0, 0.05) is 33.4 Å². The highest BCUT2D eigenvalue weighted by Gasteiger charge is 2.46. The first kappa shape index (κ1) is 44.0. The molecule has 352 valence electrons. The molecule has 0 unspecified atom stereocenters. The summed E-state index contributed by atoms with van der Waals surface area (Å²) in [5, 5.41) is 2.47. The second-order valence-electron chi connectivity index (χ2n) is 19.6. The zero-order valence-corrected chi connectivity index (χ0v) is 41.3. The van der Waals surface area contributed by atoms with Gasteiger partial charge in [-0.3, -0.25) is 0 Å². The van der Waals surface area contributed by atoms with Crippen LogP contribution in [0.2, 0.25) is 0 Å². The second kappa shape index (κ2) is 18.4. The third-order valence-corrected chi connectivity index (χ3v) is 15.5. The normalized spacial score (nSPS) is 12.4. The van der Waals surface area contributed by atoms with Gasteiger partial charge in [0.15, 0.2) is 0 Å². The fourth-order valence-corrected chi connectivity index (χ4v) is 12.1. The highest BCUT2D eigenvalue weighted by atomic mass is 15.1. The molecule has 0 fully saturated rings. The van der Waals surface area contributed by atoms with Gasteiger partial charge in [-0.05, 0) is 127 Å². The van der Waals surface area contributed by atoms with Crippen molar-refractivity contribution in [1.29, 1.82) is 0 Å². The van der Waals surface area contributed by atoms with E-state index < -0.39 is 5.41 Å². The third kappa shape index (κ3) is 7.41. The molecule has 1 aromatic heterocycles. The van der Waals surface area contributed by atoms with E-state index in [0.29, 0.717) is 0 Å². The molecule has 1 heterocycles. The fraction of sp³-hybridized carbons (Fsp3) is 0.0137. The van der Waals surface area contributed by atoms with Crippen molar-refractivity contribution in [3.05, 3.63) is 326 Å². The number of aromatic nitrogens is 1. The van der Waals surface area contributed by atoms with Crippen molar-refractivity contribution in [3.63, 3.8) is 0 Å². The van der Waals surface area contributed by atoms with Crippen molar-refractivity contribution < 1.29 is 0 Å². The van der Waals surface area contributed by atoms with Crippen LogP contribution in [0.5, 0.6) is 0 Å². The first-order valence-corrected chi connectivity index (χ1v) is 25.9. The number of nitrogens with zero attached hydrogens (tertiary/aromatic N) is 2. The summed E-state index contributed by atoms with van der Waals surface area (Å²) in [6, 6.07) is 111. The van der Waals surface area contributed by atoms with E-state index in [0.717, 1.165) is 39.4 Å². The number of hydrogen-bond acceptors (Lipinski definition) is 1. The maximum absolute atomic E-state index is 2.47. The first-order chi connectivity index (χ1) is 37.2. The molecule has 0 radical (unpaired) electrons. The summed E-state index contributed by atoms with van der Waals surface area (Å²) in [4.78, 5) is 2.39. The summed E-state index contributed by atoms with van der Waals surface area (Å²) in [6.45, 7) is 0. The minimum atomic E-state index is -0.450. The van der Waals surface area contributed by atoms with Crippen LogP contribution in [0.25, 0.3) is 83.1 Å². The quantitative estimate of drug-likeness (QED) is 0.133. The summed E-state index contributed by atoms with van der Waals surface area (Å²) in [6.07, 6.45) is 0. The highest BCUT2D eigenvalue weighted by molar-refractivity contribution is 6.10. The summed E-state index contributed by atoms with van der Waals surface area (Å²) >= 11 is 0. The number of fused-ring (bicyclic) bond motifs is 6. The molecule has 0 aliphatic heterocycles. The van der Waals surface area contributed by atoms with Crippen molar-refractivity contribution in [3.8, 4) is 61.3 Å². The average Bonchev–Trinajstić information content (AvgIpc) is 4.00. The van der Waals surface area contributed by atoms with Gasteiger partial charge < -0.3 is 9.47 Å². The molecular formula is C73H50N2. The standard InChI is InChI=1S/C73H50N2/c1-5-19-51(20-6-1)53-37-42-60(43-38-53)74(61-44-39-54(40-45-61)52-21-7-2-8-22-52)70-31-17-14-27-63(70)56-35-33-55(34-36-56)57-41-47-66-65-29-15-18-32-71(65)75(72(66)49-57)62-46-48-69-67(50-62)64-28-13-16-30-68(64)73(69,58-23-9-3-10-24-58)59-25-11-4-12-26-59/h1-50H. The molecule has 0 saturated carbocycles. The Morgan fingerprint density at radius 2 is 0.707 bits per heavy atom. The first-order valence-electron chi connectivity index (χ1n) is 25.9. The van der Waals surface area contributed by atoms with Gasteiger partial charge in [0.2, 0.25) is 0 Å². The smallest absolute Gasteiger partial charge is 0.0713 e. The Morgan fingerprint density at radius 3 is 1.33 bits per heavy atom. The van der Waals surface area contributed by atoms with Crippen LogP contribution in [0.15, 0.2) is 303 Å². The Bertz CT molecular complexity index is 4060. The van der Waals surface area contributed by atoms with E-state index >= 15 is 0 Å². The SMILES string of the molecule is c1ccc(-c2ccc(N(c3ccc(-c4ccccc4)cc3)c3ccccc3-c3ccc(-c4ccc5c6ccccc6n(-c6ccc7c(c6)-c6ccccc6C7(c6ccccc6)c6ccccc6)c5c4)cc3)cc2)cc1. The Balaban J connectivity index is 0.858. The Labute approximate surface area is 438 Å². The van der Waals surface area contributed by atoms with Crippen molar-refractivity contribution in [2.24, 2.45) is 0 Å². The van der Waals surface area contributed by atoms with Crippen LogP contribution < -0.4 is 4.90 Å². The fourth-order valence-electron chi connectivity index (χ4n) is 12.1. The molecule has 1 aliphatic rings. The van der Waals surface area contributed by atoms with E-state index in [1.54, 1.807) is 0 Å². The topological polar surface area (TPSA) is 8.17 Å². The Kier molecular flexibility index (Phi) is 10.8. The number of para-hydroxylation sites is 2. The lowest BCUT2D eigenvalue weighted by molar-refractivity contribution is 0.768. The van der Waals surface area contributed by atoms with Crippen LogP contribution in [-0.4, -0.2) is 4.57 Å². The van der Waals surface area contributed by atoms with Gasteiger partial charge in [0.25, 0.3) is 0 Å². The summed E-state index contributed by atoms with van der Waals surface area (Å²) in [5.74, 6) is 0. The van der Waals surface area contributed by atoms with Crippen molar-refractivity contribution in [1.82, 2.24) is 4.57 Å². The lowest BCUT2D eigenvalue weighted by Crippen LogP contribution is -2.28. The minimum absolute atomic E-state index is 0.450. The molecule has 13 aromatic rings. The highest BCUT2D eigenvalue weighted by Crippen LogP contribution is 2.56. The molecular weight excluding hydrogens is 905 g/mol. The summed E-state index contributed by atoms with van der Waals surface area (Å²) < 4.78 is 2.47. The largest absolute Gasteiger partial charge is 0.310 e. The Hall–Kier alpha value is -9.76. The number of rotatable bonds is 10. The zero-order valence-electron chi connectivity index (χ0n) is 41.3. The van der Waals surface area contributed by atoms with Gasteiger partial charge in [-0.15, -0.1) is 0 Å². The van der Waals surface area contributed by atoms with Crippen LogP contribution in [0.4, 0.5) is 17.1 Å². The monoisotopic (exact) mass is 954 g/mol. The van der Waals surface area contributed by atoms with Gasteiger partial charge in [-0.2, -0.15) is 0 Å². The van der Waals surface area contributed by atoms with Crippen LogP contribution in [0, 0.1) is 0 Å². The lowest BCUT2D eigenvalue weighted by atomic mass is 9.68. The van der Waals surface area contributed by atoms with Crippen LogP contribution >= 0.6 is 0 Å². The predicted molar refractivity (Wildman–Crippen MR) is 315 cm³/mol. The summed E-state index contributed by atoms with van der Waals surface area (Å²) in [7, 11) is 0. The van der Waals surface area contributed by atoms with E-state index in [1.165, 1.54) is 83.0 Å². The maximum Gasteiger partial charge on any atom is 0.0713 e. The summed E-state index contributed by atoms with van der Waals surface area (Å²) in [5.41, 5.74) is 23.5. The molecule has 14 rings (SSSR count). The molecule has 0 amide bonds. The van der Waals surface area contributed by atoms with Crippen molar-refractivity contribution >= 4 is 38.9 Å². The second-order valence-corrected chi connectivity index (χ2v) is 19.6. The Morgan fingerprint density at radius 1 is 0.267 bits per heavy atom. The molecule has 2 heteroatoms. The third-order valence-electron chi connectivity index (χ3n) is 15.5. The van der Waals surface area contributed by atoms with Gasteiger partial charge in [0.1, 0.15) is 0 Å². The van der Waals surface area contributed by atoms with E-state index in [2.05, 4.69) is 313 Å². The van der Waals surface area contributed by atoms with E-state index in [4.69, 9.17) is 0 Å². The van der Waals surface area contributed by atoms with E-state index in [-0.39, 0.29) is 0 Å².